The Morgan fingerprint density at radius 3 is 2.50 bits per heavy atom. The molecule has 2 aromatic rings. The van der Waals surface area contributed by atoms with Crippen LogP contribution in [0.15, 0.2) is 53.0 Å². The summed E-state index contributed by atoms with van der Waals surface area (Å²) in [5.74, 6) is 0.451. The predicted octanol–water partition coefficient (Wildman–Crippen LogP) is 5.03. The fourth-order valence-electron chi connectivity index (χ4n) is 2.65. The topological polar surface area (TPSA) is 32.3 Å². The summed E-state index contributed by atoms with van der Waals surface area (Å²) in [4.78, 5) is 14.4. The first-order valence-electron chi connectivity index (χ1n) is 8.31. The number of rotatable bonds is 7. The van der Waals surface area contributed by atoms with Crippen molar-refractivity contribution in [3.8, 4) is 0 Å². The number of carbonyl (C=O) groups excluding carboxylic acids is 1. The number of benzene rings is 2. The highest BCUT2D eigenvalue weighted by Crippen LogP contribution is 2.26. The number of likely N-dealkylation sites (N-methyl/N-ethyl adjacent to an activating group) is 1. The first kappa shape index (κ1) is 18.7. The van der Waals surface area contributed by atoms with Gasteiger partial charge in [0.25, 0.3) is 0 Å². The molecule has 24 heavy (non-hydrogen) atoms. The maximum Gasteiger partial charge on any atom is 0.238 e. The van der Waals surface area contributed by atoms with E-state index in [9.17, 15) is 4.79 Å². The van der Waals surface area contributed by atoms with E-state index in [-0.39, 0.29) is 5.91 Å². The zero-order valence-electron chi connectivity index (χ0n) is 14.6. The maximum absolute atomic E-state index is 12.4. The van der Waals surface area contributed by atoms with Gasteiger partial charge in [0.1, 0.15) is 0 Å². The lowest BCUT2D eigenvalue weighted by molar-refractivity contribution is -0.117. The molecule has 1 amide bonds. The van der Waals surface area contributed by atoms with E-state index in [0.29, 0.717) is 12.5 Å². The number of nitrogens with zero attached hydrogens (tertiary/aromatic N) is 1. The van der Waals surface area contributed by atoms with Crippen LogP contribution in [0.25, 0.3) is 0 Å². The Morgan fingerprint density at radius 1 is 1.17 bits per heavy atom. The molecule has 0 aliphatic heterocycles. The zero-order chi connectivity index (χ0) is 17.5. The van der Waals surface area contributed by atoms with E-state index in [1.54, 1.807) is 0 Å². The Hall–Kier alpha value is -1.65. The average Bonchev–Trinajstić information content (AvgIpc) is 2.56. The summed E-state index contributed by atoms with van der Waals surface area (Å²) >= 11 is 3.44. The molecular formula is C20H25BrN2O. The number of hydrogen-bond donors (Lipinski definition) is 1. The highest BCUT2D eigenvalue weighted by Gasteiger charge is 2.12. The third-order valence-electron chi connectivity index (χ3n) is 4.16. The molecule has 0 heterocycles. The van der Waals surface area contributed by atoms with Gasteiger partial charge in [-0.1, -0.05) is 60.1 Å². The predicted molar refractivity (Wildman–Crippen MR) is 104 cm³/mol. The van der Waals surface area contributed by atoms with E-state index >= 15 is 0 Å². The zero-order valence-corrected chi connectivity index (χ0v) is 16.1. The Labute approximate surface area is 153 Å². The van der Waals surface area contributed by atoms with Gasteiger partial charge in [-0.3, -0.25) is 9.69 Å². The number of halogens is 1. The molecule has 0 saturated carbocycles. The minimum Gasteiger partial charge on any atom is -0.325 e. The summed E-state index contributed by atoms with van der Waals surface area (Å²) < 4.78 is 1.06. The summed E-state index contributed by atoms with van der Waals surface area (Å²) in [5.41, 5.74) is 3.31. The molecule has 2 aromatic carbocycles. The van der Waals surface area contributed by atoms with Gasteiger partial charge < -0.3 is 5.32 Å². The normalized spacial score (nSPS) is 12.2. The van der Waals surface area contributed by atoms with Crippen molar-refractivity contribution in [3.63, 3.8) is 0 Å². The van der Waals surface area contributed by atoms with Crippen molar-refractivity contribution in [2.24, 2.45) is 0 Å². The van der Waals surface area contributed by atoms with E-state index in [1.165, 1.54) is 11.1 Å². The van der Waals surface area contributed by atoms with E-state index < -0.39 is 0 Å². The summed E-state index contributed by atoms with van der Waals surface area (Å²) in [5, 5.41) is 3.06. The van der Waals surface area contributed by atoms with Crippen LogP contribution in [0.2, 0.25) is 0 Å². The van der Waals surface area contributed by atoms with Crippen molar-refractivity contribution in [2.45, 2.75) is 32.7 Å². The molecule has 0 saturated heterocycles. The maximum atomic E-state index is 12.4. The SMILES string of the molecule is CC[C@H](C)c1ccccc1NC(=O)CN(C)Cc1ccc(Br)cc1. The van der Waals surface area contributed by atoms with Crippen molar-refractivity contribution in [1.82, 2.24) is 4.90 Å². The highest BCUT2D eigenvalue weighted by atomic mass is 79.9. The molecule has 1 N–H and O–H groups in total. The number of para-hydroxylation sites is 1. The summed E-state index contributed by atoms with van der Waals surface area (Å²) in [6, 6.07) is 16.2. The van der Waals surface area contributed by atoms with Gasteiger partial charge in [0, 0.05) is 16.7 Å². The minimum absolute atomic E-state index is 0.0189. The molecule has 4 heteroatoms. The van der Waals surface area contributed by atoms with Gasteiger partial charge in [-0.25, -0.2) is 0 Å². The quantitative estimate of drug-likeness (QED) is 0.720. The number of amides is 1. The van der Waals surface area contributed by atoms with Crippen molar-refractivity contribution < 1.29 is 4.79 Å². The van der Waals surface area contributed by atoms with Crippen LogP contribution in [0.1, 0.15) is 37.3 Å². The van der Waals surface area contributed by atoms with Gasteiger partial charge in [0.15, 0.2) is 0 Å². The van der Waals surface area contributed by atoms with Crippen LogP contribution in [0.5, 0.6) is 0 Å². The first-order chi connectivity index (χ1) is 11.5. The Bertz CT molecular complexity index is 670. The molecule has 0 bridgehead atoms. The third kappa shape index (κ3) is 5.46. The van der Waals surface area contributed by atoms with Gasteiger partial charge in [-0.2, -0.15) is 0 Å². The smallest absolute Gasteiger partial charge is 0.238 e. The second kappa shape index (κ2) is 9.00. The monoisotopic (exact) mass is 388 g/mol. The first-order valence-corrected chi connectivity index (χ1v) is 9.10. The van der Waals surface area contributed by atoms with Crippen LogP contribution in [-0.4, -0.2) is 24.4 Å². The molecule has 0 spiro atoms. The highest BCUT2D eigenvalue weighted by molar-refractivity contribution is 9.10. The van der Waals surface area contributed by atoms with E-state index in [0.717, 1.165) is 23.1 Å². The van der Waals surface area contributed by atoms with E-state index in [2.05, 4.69) is 53.3 Å². The number of anilines is 1. The van der Waals surface area contributed by atoms with Crippen molar-refractivity contribution >= 4 is 27.5 Å². The molecule has 0 fully saturated rings. The van der Waals surface area contributed by atoms with Crippen LogP contribution in [0.4, 0.5) is 5.69 Å². The van der Waals surface area contributed by atoms with Crippen LogP contribution >= 0.6 is 15.9 Å². The van der Waals surface area contributed by atoms with E-state index in [4.69, 9.17) is 0 Å². The Balaban J connectivity index is 1.94. The molecule has 1 atom stereocenters. The molecule has 0 radical (unpaired) electrons. The molecule has 0 aliphatic carbocycles. The van der Waals surface area contributed by atoms with Gasteiger partial charge in [0.05, 0.1) is 6.54 Å². The van der Waals surface area contributed by atoms with Crippen molar-refractivity contribution in [2.75, 3.05) is 18.9 Å². The number of nitrogens with one attached hydrogen (secondary N) is 1. The van der Waals surface area contributed by atoms with Crippen molar-refractivity contribution in [3.05, 3.63) is 64.1 Å². The molecule has 3 nitrogen and oxygen atoms in total. The lowest BCUT2D eigenvalue weighted by Crippen LogP contribution is -2.30. The summed E-state index contributed by atoms with van der Waals surface area (Å²) in [7, 11) is 1.96. The largest absolute Gasteiger partial charge is 0.325 e. The van der Waals surface area contributed by atoms with E-state index in [1.807, 2.05) is 42.3 Å². The van der Waals surface area contributed by atoms with Crippen LogP contribution in [-0.2, 0) is 11.3 Å². The van der Waals surface area contributed by atoms with Gasteiger partial charge in [-0.15, -0.1) is 0 Å². The third-order valence-corrected chi connectivity index (χ3v) is 4.69. The van der Waals surface area contributed by atoms with Gasteiger partial charge in [0.2, 0.25) is 5.91 Å². The minimum atomic E-state index is 0.0189. The molecular weight excluding hydrogens is 364 g/mol. The standard InChI is InChI=1S/C20H25BrN2O/c1-4-15(2)18-7-5-6-8-19(18)22-20(24)14-23(3)13-16-9-11-17(21)12-10-16/h5-12,15H,4,13-14H2,1-3H3,(H,22,24)/t15-/m0/s1. The van der Waals surface area contributed by atoms with Crippen LogP contribution in [0.3, 0.4) is 0 Å². The summed E-state index contributed by atoms with van der Waals surface area (Å²) in [6.45, 7) is 5.46. The lowest BCUT2D eigenvalue weighted by atomic mass is 9.97. The fraction of sp³-hybridized carbons (Fsp3) is 0.350. The van der Waals surface area contributed by atoms with Gasteiger partial charge in [-0.05, 0) is 48.7 Å². The Morgan fingerprint density at radius 2 is 1.83 bits per heavy atom. The second-order valence-electron chi connectivity index (χ2n) is 6.24. The van der Waals surface area contributed by atoms with Gasteiger partial charge >= 0.3 is 0 Å². The molecule has 128 valence electrons. The molecule has 0 aromatic heterocycles. The number of hydrogen-bond acceptors (Lipinski definition) is 2. The molecule has 2 rings (SSSR count). The number of carbonyl (C=O) groups is 1. The molecule has 0 unspecified atom stereocenters. The van der Waals surface area contributed by atoms with Crippen LogP contribution < -0.4 is 5.32 Å². The average molecular weight is 389 g/mol. The fourth-order valence-corrected chi connectivity index (χ4v) is 2.92. The second-order valence-corrected chi connectivity index (χ2v) is 7.16. The van der Waals surface area contributed by atoms with Crippen molar-refractivity contribution in [1.29, 1.82) is 0 Å². The lowest BCUT2D eigenvalue weighted by Gasteiger charge is -2.19. The van der Waals surface area contributed by atoms with Crippen LogP contribution in [0, 0.1) is 0 Å². The molecule has 0 aliphatic rings. The summed E-state index contributed by atoms with van der Waals surface area (Å²) in [6.07, 6.45) is 1.05. The Kier molecular flexibility index (Phi) is 7.00.